The molecule has 30 heavy (non-hydrogen) atoms. The zero-order valence-corrected chi connectivity index (χ0v) is 17.7. The Morgan fingerprint density at radius 2 is 1.73 bits per heavy atom. The Labute approximate surface area is 177 Å². The minimum Gasteiger partial charge on any atom is -0.354 e. The van der Waals surface area contributed by atoms with Crippen molar-refractivity contribution in [2.75, 3.05) is 35.8 Å². The quantitative estimate of drug-likeness (QED) is 0.657. The second-order valence-electron chi connectivity index (χ2n) is 7.45. The number of pyridine rings is 2. The van der Waals surface area contributed by atoms with E-state index in [0.717, 1.165) is 44.1 Å². The summed E-state index contributed by atoms with van der Waals surface area (Å²) in [5, 5.41) is 0. The van der Waals surface area contributed by atoms with Gasteiger partial charge in [-0.2, -0.15) is 0 Å². The largest absolute Gasteiger partial charge is 0.354 e. The first-order chi connectivity index (χ1) is 14.5. The van der Waals surface area contributed by atoms with Gasteiger partial charge in [0, 0.05) is 45.1 Å². The number of piperazine rings is 1. The smallest absolute Gasteiger partial charge is 0.261 e. The van der Waals surface area contributed by atoms with Crippen LogP contribution in [0.4, 0.5) is 11.5 Å². The van der Waals surface area contributed by atoms with Gasteiger partial charge < -0.3 is 4.90 Å². The van der Waals surface area contributed by atoms with Crippen molar-refractivity contribution in [3.63, 3.8) is 0 Å². The van der Waals surface area contributed by atoms with Crippen molar-refractivity contribution in [2.24, 2.45) is 0 Å². The van der Waals surface area contributed by atoms with E-state index in [0.29, 0.717) is 5.69 Å². The standard InChI is InChI=1S/C22H25N5O2S/c1-18-4-7-21(8-5-18)30(28,29)25-20-6-9-22(24-16-20)27-13-11-26(12-14-27)17-19-3-2-10-23-15-19/h2-10,15-16,25H,11-14,17H2,1H3. The Balaban J connectivity index is 1.34. The Kier molecular flexibility index (Phi) is 5.96. The van der Waals surface area contributed by atoms with E-state index in [9.17, 15) is 8.42 Å². The summed E-state index contributed by atoms with van der Waals surface area (Å²) in [4.78, 5) is 13.5. The molecule has 156 valence electrons. The predicted octanol–water partition coefficient (Wildman–Crippen LogP) is 2.91. The van der Waals surface area contributed by atoms with Gasteiger partial charge in [-0.15, -0.1) is 0 Å². The molecule has 0 unspecified atom stereocenters. The summed E-state index contributed by atoms with van der Waals surface area (Å²) in [7, 11) is -3.62. The number of nitrogens with zero attached hydrogens (tertiary/aromatic N) is 4. The lowest BCUT2D eigenvalue weighted by atomic mass is 10.2. The van der Waals surface area contributed by atoms with Crippen molar-refractivity contribution in [1.82, 2.24) is 14.9 Å². The van der Waals surface area contributed by atoms with Crippen LogP contribution in [0.5, 0.6) is 0 Å². The molecule has 0 radical (unpaired) electrons. The van der Waals surface area contributed by atoms with Crippen LogP contribution in [0.25, 0.3) is 0 Å². The summed E-state index contributed by atoms with van der Waals surface area (Å²) < 4.78 is 27.6. The molecule has 0 atom stereocenters. The maximum atomic E-state index is 12.5. The van der Waals surface area contributed by atoms with Crippen molar-refractivity contribution < 1.29 is 8.42 Å². The number of benzene rings is 1. The molecule has 1 aliphatic heterocycles. The van der Waals surface area contributed by atoms with Gasteiger partial charge >= 0.3 is 0 Å². The Bertz CT molecular complexity index is 1060. The number of hydrogen-bond donors (Lipinski definition) is 1. The monoisotopic (exact) mass is 423 g/mol. The highest BCUT2D eigenvalue weighted by molar-refractivity contribution is 7.92. The average Bonchev–Trinajstić information content (AvgIpc) is 2.76. The number of sulfonamides is 1. The maximum absolute atomic E-state index is 12.5. The Hall–Kier alpha value is -2.97. The molecule has 7 nitrogen and oxygen atoms in total. The van der Waals surface area contributed by atoms with Gasteiger partial charge in [0.25, 0.3) is 10.0 Å². The van der Waals surface area contributed by atoms with Crippen LogP contribution in [0.3, 0.4) is 0 Å². The third-order valence-electron chi connectivity index (χ3n) is 5.16. The molecule has 0 saturated carbocycles. The molecule has 1 aromatic carbocycles. The van der Waals surface area contributed by atoms with Crippen LogP contribution in [0.2, 0.25) is 0 Å². The molecule has 0 amide bonds. The SMILES string of the molecule is Cc1ccc(S(=O)(=O)Nc2ccc(N3CCN(Cc4cccnc4)CC3)nc2)cc1. The molecule has 1 saturated heterocycles. The molecule has 1 N–H and O–H groups in total. The van der Waals surface area contributed by atoms with Gasteiger partial charge in [-0.1, -0.05) is 23.8 Å². The molecular weight excluding hydrogens is 398 g/mol. The molecular formula is C22H25N5O2S. The zero-order valence-electron chi connectivity index (χ0n) is 16.9. The lowest BCUT2D eigenvalue weighted by Crippen LogP contribution is -2.46. The summed E-state index contributed by atoms with van der Waals surface area (Å²) in [6, 6.07) is 14.4. The van der Waals surface area contributed by atoms with E-state index in [4.69, 9.17) is 0 Å². The fourth-order valence-electron chi connectivity index (χ4n) is 3.45. The highest BCUT2D eigenvalue weighted by Crippen LogP contribution is 2.20. The van der Waals surface area contributed by atoms with Gasteiger partial charge in [-0.25, -0.2) is 13.4 Å². The van der Waals surface area contributed by atoms with Crippen LogP contribution in [0.15, 0.2) is 72.0 Å². The maximum Gasteiger partial charge on any atom is 0.261 e. The topological polar surface area (TPSA) is 78.4 Å². The molecule has 2 aromatic heterocycles. The van der Waals surface area contributed by atoms with Crippen LogP contribution in [0.1, 0.15) is 11.1 Å². The Morgan fingerprint density at radius 3 is 2.37 bits per heavy atom. The van der Waals surface area contributed by atoms with Crippen molar-refractivity contribution in [1.29, 1.82) is 0 Å². The second kappa shape index (κ2) is 8.81. The second-order valence-corrected chi connectivity index (χ2v) is 9.13. The van der Waals surface area contributed by atoms with Crippen molar-refractivity contribution in [2.45, 2.75) is 18.4 Å². The number of nitrogens with one attached hydrogen (secondary N) is 1. The fraction of sp³-hybridized carbons (Fsp3) is 0.273. The summed E-state index contributed by atoms with van der Waals surface area (Å²) in [6.07, 6.45) is 5.27. The van der Waals surface area contributed by atoms with E-state index in [1.165, 1.54) is 5.56 Å². The summed E-state index contributed by atoms with van der Waals surface area (Å²) in [5.41, 5.74) is 2.68. The molecule has 3 aromatic rings. The van der Waals surface area contributed by atoms with Crippen LogP contribution in [-0.2, 0) is 16.6 Å². The fourth-order valence-corrected chi connectivity index (χ4v) is 4.49. The van der Waals surface area contributed by atoms with Crippen LogP contribution >= 0.6 is 0 Å². The number of aryl methyl sites for hydroxylation is 1. The third kappa shape index (κ3) is 4.95. The van der Waals surface area contributed by atoms with Gasteiger partial charge in [0.2, 0.25) is 0 Å². The van der Waals surface area contributed by atoms with Crippen LogP contribution < -0.4 is 9.62 Å². The first-order valence-corrected chi connectivity index (χ1v) is 11.4. The van der Waals surface area contributed by atoms with Gasteiger partial charge in [0.05, 0.1) is 16.8 Å². The van der Waals surface area contributed by atoms with E-state index in [2.05, 4.69) is 30.6 Å². The van der Waals surface area contributed by atoms with E-state index in [1.807, 2.05) is 25.3 Å². The van der Waals surface area contributed by atoms with Crippen molar-refractivity contribution >= 4 is 21.5 Å². The molecule has 1 aliphatic rings. The summed E-state index contributed by atoms with van der Waals surface area (Å²) in [6.45, 7) is 6.46. The number of aromatic nitrogens is 2. The number of anilines is 2. The van der Waals surface area contributed by atoms with E-state index in [-0.39, 0.29) is 4.90 Å². The summed E-state index contributed by atoms with van der Waals surface area (Å²) in [5.74, 6) is 0.856. The molecule has 1 fully saturated rings. The minimum atomic E-state index is -3.62. The lowest BCUT2D eigenvalue weighted by Gasteiger charge is -2.35. The van der Waals surface area contributed by atoms with Gasteiger partial charge in [0.1, 0.15) is 5.82 Å². The molecule has 4 rings (SSSR count). The van der Waals surface area contributed by atoms with Gasteiger partial charge in [-0.3, -0.25) is 14.6 Å². The molecule has 3 heterocycles. The van der Waals surface area contributed by atoms with Gasteiger partial charge in [0.15, 0.2) is 0 Å². The number of rotatable bonds is 6. The molecule has 8 heteroatoms. The van der Waals surface area contributed by atoms with Crippen LogP contribution in [0, 0.1) is 6.92 Å². The van der Waals surface area contributed by atoms with E-state index in [1.54, 1.807) is 42.7 Å². The average molecular weight is 424 g/mol. The highest BCUT2D eigenvalue weighted by atomic mass is 32.2. The van der Waals surface area contributed by atoms with Gasteiger partial charge in [-0.05, 0) is 42.8 Å². The van der Waals surface area contributed by atoms with E-state index >= 15 is 0 Å². The summed E-state index contributed by atoms with van der Waals surface area (Å²) >= 11 is 0. The third-order valence-corrected chi connectivity index (χ3v) is 6.55. The Morgan fingerprint density at radius 1 is 0.967 bits per heavy atom. The normalized spacial score (nSPS) is 15.2. The van der Waals surface area contributed by atoms with Crippen LogP contribution in [-0.4, -0.2) is 49.5 Å². The van der Waals surface area contributed by atoms with Crippen molar-refractivity contribution in [3.8, 4) is 0 Å². The van der Waals surface area contributed by atoms with Crippen molar-refractivity contribution in [3.05, 3.63) is 78.2 Å². The first-order valence-electron chi connectivity index (χ1n) is 9.91. The zero-order chi connectivity index (χ0) is 21.0. The molecule has 0 aliphatic carbocycles. The highest BCUT2D eigenvalue weighted by Gasteiger charge is 2.19. The lowest BCUT2D eigenvalue weighted by molar-refractivity contribution is 0.249. The number of hydrogen-bond acceptors (Lipinski definition) is 6. The van der Waals surface area contributed by atoms with E-state index < -0.39 is 10.0 Å². The first kappa shape index (κ1) is 20.3. The molecule has 0 bridgehead atoms. The predicted molar refractivity (Wildman–Crippen MR) is 118 cm³/mol. The minimum absolute atomic E-state index is 0.238. The molecule has 0 spiro atoms.